The molecular weight excluding hydrogens is 228 g/mol. The third-order valence-electron chi connectivity index (χ3n) is 2.63. The molecule has 0 atom stereocenters. The summed E-state index contributed by atoms with van der Waals surface area (Å²) in [4.78, 5) is 15.7. The van der Waals surface area contributed by atoms with E-state index in [1.165, 1.54) is 17.3 Å². The number of nitrogens with zero attached hydrogens (tertiary/aromatic N) is 3. The zero-order chi connectivity index (χ0) is 13.0. The maximum absolute atomic E-state index is 11.9. The van der Waals surface area contributed by atoms with Crippen LogP contribution in [0.3, 0.4) is 0 Å². The lowest BCUT2D eigenvalue weighted by Gasteiger charge is -2.13. The lowest BCUT2D eigenvalue weighted by Crippen LogP contribution is -2.20. The third-order valence-corrected chi connectivity index (χ3v) is 2.63. The van der Waals surface area contributed by atoms with Crippen LogP contribution < -0.4 is 5.32 Å². The Hall–Kier alpha value is -2.17. The van der Waals surface area contributed by atoms with Crippen molar-refractivity contribution in [2.24, 2.45) is 0 Å². The summed E-state index contributed by atoms with van der Waals surface area (Å²) in [7, 11) is 0. The summed E-state index contributed by atoms with van der Waals surface area (Å²) in [5.41, 5.74) is 1.99. The molecule has 2 rings (SSSR count). The fourth-order valence-electron chi connectivity index (χ4n) is 1.77. The van der Waals surface area contributed by atoms with E-state index in [0.717, 1.165) is 11.3 Å². The lowest BCUT2D eigenvalue weighted by molar-refractivity contribution is -0.116. The molecule has 0 saturated heterocycles. The van der Waals surface area contributed by atoms with Gasteiger partial charge in [0, 0.05) is 5.69 Å². The Morgan fingerprint density at radius 3 is 2.83 bits per heavy atom. The molecule has 0 saturated carbocycles. The molecule has 0 fully saturated rings. The minimum absolute atomic E-state index is 0.103. The normalized spacial score (nSPS) is 10.6. The zero-order valence-corrected chi connectivity index (χ0v) is 10.5. The van der Waals surface area contributed by atoms with E-state index in [4.69, 9.17) is 0 Å². The monoisotopic (exact) mass is 244 g/mol. The number of hydrogen-bond acceptors (Lipinski definition) is 3. The van der Waals surface area contributed by atoms with Crippen LogP contribution in [0.1, 0.15) is 25.3 Å². The Morgan fingerprint density at radius 2 is 2.17 bits per heavy atom. The molecule has 0 aliphatic carbocycles. The summed E-state index contributed by atoms with van der Waals surface area (Å²) in [6.45, 7) is 4.37. The van der Waals surface area contributed by atoms with Crippen molar-refractivity contribution < 1.29 is 4.79 Å². The van der Waals surface area contributed by atoms with Gasteiger partial charge in [-0.2, -0.15) is 5.10 Å². The third kappa shape index (κ3) is 2.94. The first-order chi connectivity index (χ1) is 8.66. The van der Waals surface area contributed by atoms with Gasteiger partial charge in [0.15, 0.2) is 0 Å². The number of para-hydroxylation sites is 1. The van der Waals surface area contributed by atoms with E-state index in [1.807, 2.05) is 24.3 Å². The van der Waals surface area contributed by atoms with Crippen molar-refractivity contribution in [2.75, 3.05) is 5.32 Å². The first-order valence-electron chi connectivity index (χ1n) is 5.88. The summed E-state index contributed by atoms with van der Waals surface area (Å²) in [5.74, 6) is 0.265. The van der Waals surface area contributed by atoms with Crippen molar-refractivity contribution >= 4 is 11.6 Å². The van der Waals surface area contributed by atoms with Crippen LogP contribution in [0.2, 0.25) is 0 Å². The van der Waals surface area contributed by atoms with E-state index < -0.39 is 0 Å². The van der Waals surface area contributed by atoms with Gasteiger partial charge in [-0.25, -0.2) is 9.67 Å². The van der Waals surface area contributed by atoms with Crippen LogP contribution in [-0.4, -0.2) is 20.7 Å². The number of anilines is 1. The number of amides is 1. The number of carbonyl (C=O) groups is 1. The fraction of sp³-hybridized carbons (Fsp3) is 0.308. The molecule has 0 aliphatic rings. The maximum Gasteiger partial charge on any atom is 0.246 e. The van der Waals surface area contributed by atoms with Crippen molar-refractivity contribution in [3.05, 3.63) is 42.5 Å². The van der Waals surface area contributed by atoms with Gasteiger partial charge in [-0.05, 0) is 17.5 Å². The molecule has 1 amide bonds. The minimum Gasteiger partial charge on any atom is -0.324 e. The van der Waals surface area contributed by atoms with Crippen molar-refractivity contribution in [2.45, 2.75) is 26.3 Å². The van der Waals surface area contributed by atoms with Gasteiger partial charge in [-0.15, -0.1) is 0 Å². The summed E-state index contributed by atoms with van der Waals surface area (Å²) < 4.78 is 1.49. The number of nitrogens with one attached hydrogen (secondary N) is 1. The van der Waals surface area contributed by atoms with Gasteiger partial charge in [-0.1, -0.05) is 32.0 Å². The van der Waals surface area contributed by atoms with Crippen LogP contribution in [0.4, 0.5) is 5.69 Å². The van der Waals surface area contributed by atoms with Gasteiger partial charge >= 0.3 is 0 Å². The molecule has 5 heteroatoms. The van der Waals surface area contributed by atoms with Crippen molar-refractivity contribution in [1.29, 1.82) is 0 Å². The minimum atomic E-state index is -0.103. The van der Waals surface area contributed by atoms with E-state index in [9.17, 15) is 4.79 Å². The Bertz CT molecular complexity index is 520. The first-order valence-corrected chi connectivity index (χ1v) is 5.88. The number of hydrogen-bond donors (Lipinski definition) is 1. The molecule has 1 aromatic heterocycles. The van der Waals surface area contributed by atoms with E-state index in [1.54, 1.807) is 0 Å². The summed E-state index contributed by atoms with van der Waals surface area (Å²) >= 11 is 0. The second-order valence-electron chi connectivity index (χ2n) is 4.38. The highest BCUT2D eigenvalue weighted by atomic mass is 16.2. The van der Waals surface area contributed by atoms with Gasteiger partial charge in [0.1, 0.15) is 19.2 Å². The Labute approximate surface area is 106 Å². The largest absolute Gasteiger partial charge is 0.324 e. The Kier molecular flexibility index (Phi) is 3.72. The van der Waals surface area contributed by atoms with Crippen LogP contribution in [0.25, 0.3) is 0 Å². The standard InChI is InChI=1S/C13H16N4O/c1-10(2)11-5-3-4-6-12(11)16-13(18)7-17-9-14-8-15-17/h3-6,8-10H,7H2,1-2H3,(H,16,18). The van der Waals surface area contributed by atoms with Crippen molar-refractivity contribution in [3.8, 4) is 0 Å². The van der Waals surface area contributed by atoms with Crippen molar-refractivity contribution in [1.82, 2.24) is 14.8 Å². The van der Waals surface area contributed by atoms with Crippen LogP contribution in [0.5, 0.6) is 0 Å². The van der Waals surface area contributed by atoms with Crippen molar-refractivity contribution in [3.63, 3.8) is 0 Å². The molecule has 5 nitrogen and oxygen atoms in total. The second kappa shape index (κ2) is 5.44. The molecule has 2 aromatic rings. The molecule has 0 bridgehead atoms. The summed E-state index contributed by atoms with van der Waals surface area (Å²) in [6, 6.07) is 7.82. The summed E-state index contributed by atoms with van der Waals surface area (Å²) in [5, 5.41) is 6.80. The fourth-order valence-corrected chi connectivity index (χ4v) is 1.77. The number of aromatic nitrogens is 3. The molecule has 0 spiro atoms. The van der Waals surface area contributed by atoms with Crippen LogP contribution in [0, 0.1) is 0 Å². The first kappa shape index (κ1) is 12.3. The van der Waals surface area contributed by atoms with Gasteiger partial charge in [-0.3, -0.25) is 4.79 Å². The highest BCUT2D eigenvalue weighted by Crippen LogP contribution is 2.23. The number of benzene rings is 1. The van der Waals surface area contributed by atoms with Gasteiger partial charge in [0.05, 0.1) is 0 Å². The number of carbonyl (C=O) groups excluding carboxylic acids is 1. The maximum atomic E-state index is 11.9. The summed E-state index contributed by atoms with van der Waals surface area (Å²) in [6.07, 6.45) is 2.93. The molecule has 0 unspecified atom stereocenters. The molecule has 1 aromatic carbocycles. The lowest BCUT2D eigenvalue weighted by atomic mass is 10.0. The predicted molar refractivity (Wildman–Crippen MR) is 69.2 cm³/mol. The van der Waals surface area contributed by atoms with E-state index >= 15 is 0 Å². The highest BCUT2D eigenvalue weighted by Gasteiger charge is 2.09. The van der Waals surface area contributed by atoms with Crippen LogP contribution in [-0.2, 0) is 11.3 Å². The molecule has 0 aliphatic heterocycles. The smallest absolute Gasteiger partial charge is 0.246 e. The van der Waals surface area contributed by atoms with Gasteiger partial charge in [0.2, 0.25) is 5.91 Å². The average molecular weight is 244 g/mol. The molecule has 1 heterocycles. The molecule has 18 heavy (non-hydrogen) atoms. The zero-order valence-electron chi connectivity index (χ0n) is 10.5. The topological polar surface area (TPSA) is 59.8 Å². The Balaban J connectivity index is 2.07. The SMILES string of the molecule is CC(C)c1ccccc1NC(=O)Cn1cncn1. The molecule has 0 radical (unpaired) electrons. The van der Waals surface area contributed by atoms with Gasteiger partial charge < -0.3 is 5.32 Å². The van der Waals surface area contributed by atoms with Gasteiger partial charge in [0.25, 0.3) is 0 Å². The highest BCUT2D eigenvalue weighted by molar-refractivity contribution is 5.91. The molecular formula is C13H16N4O. The van der Waals surface area contributed by atoms with E-state index in [-0.39, 0.29) is 12.5 Å². The quantitative estimate of drug-likeness (QED) is 0.895. The molecule has 1 N–H and O–H groups in total. The molecule has 94 valence electrons. The van der Waals surface area contributed by atoms with E-state index in [2.05, 4.69) is 29.2 Å². The predicted octanol–water partition coefficient (Wildman–Crippen LogP) is 2.04. The number of rotatable bonds is 4. The van der Waals surface area contributed by atoms with Crippen LogP contribution in [0.15, 0.2) is 36.9 Å². The van der Waals surface area contributed by atoms with E-state index in [0.29, 0.717) is 5.92 Å². The Morgan fingerprint density at radius 1 is 1.39 bits per heavy atom. The second-order valence-corrected chi connectivity index (χ2v) is 4.38. The average Bonchev–Trinajstić information content (AvgIpc) is 2.82. The van der Waals surface area contributed by atoms with Crippen LogP contribution >= 0.6 is 0 Å².